The molecule has 1 aliphatic rings. The van der Waals surface area contributed by atoms with Crippen molar-refractivity contribution >= 4 is 23.2 Å². The van der Waals surface area contributed by atoms with Crippen LogP contribution in [0, 0.1) is 12.8 Å². The molecule has 1 aliphatic heterocycles. The number of rotatable bonds is 4. The molecule has 0 bridgehead atoms. The van der Waals surface area contributed by atoms with Crippen molar-refractivity contribution < 1.29 is 4.79 Å². The number of hydrogen-bond acceptors (Lipinski definition) is 3. The Hall–Kier alpha value is -1.56. The van der Waals surface area contributed by atoms with Crippen molar-refractivity contribution in [2.45, 2.75) is 32.7 Å². The lowest BCUT2D eigenvalue weighted by Crippen LogP contribution is -2.45. The fourth-order valence-corrected chi connectivity index (χ4v) is 3.64. The lowest BCUT2D eigenvalue weighted by atomic mass is 9.93. The standard InChI is InChI=1S/C16H26N4OS/c1-12-6-9-22-14(12)11-19-16(18-3)20-7-4-13(5-8-20)10-15(21)17-2/h6,9,13H,4-5,7-8,10-11H2,1-3H3,(H,17,21)(H,18,19). The molecule has 0 radical (unpaired) electrons. The molecule has 22 heavy (non-hydrogen) atoms. The van der Waals surface area contributed by atoms with Crippen molar-refractivity contribution in [1.82, 2.24) is 15.5 Å². The molecule has 0 saturated carbocycles. The SMILES string of the molecule is CN=C(NCc1sccc1C)N1CCC(CC(=O)NC)CC1. The highest BCUT2D eigenvalue weighted by Crippen LogP contribution is 2.21. The van der Waals surface area contributed by atoms with Gasteiger partial charge in [-0.3, -0.25) is 9.79 Å². The molecule has 5 nitrogen and oxygen atoms in total. The van der Waals surface area contributed by atoms with Crippen LogP contribution in [0.5, 0.6) is 0 Å². The number of amides is 1. The number of aryl methyl sites for hydroxylation is 1. The highest BCUT2D eigenvalue weighted by atomic mass is 32.1. The summed E-state index contributed by atoms with van der Waals surface area (Å²) in [6.45, 7) is 4.89. The fraction of sp³-hybridized carbons (Fsp3) is 0.625. The van der Waals surface area contributed by atoms with Crippen LogP contribution in [0.4, 0.5) is 0 Å². The molecule has 1 aromatic heterocycles. The Labute approximate surface area is 136 Å². The average molecular weight is 322 g/mol. The number of likely N-dealkylation sites (tertiary alicyclic amines) is 1. The Morgan fingerprint density at radius 2 is 2.18 bits per heavy atom. The molecule has 122 valence electrons. The molecule has 0 spiro atoms. The minimum Gasteiger partial charge on any atom is -0.359 e. The second-order valence-corrected chi connectivity index (χ2v) is 6.74. The highest BCUT2D eigenvalue weighted by molar-refractivity contribution is 7.10. The second kappa shape index (κ2) is 8.17. The number of nitrogens with zero attached hydrogens (tertiary/aromatic N) is 2. The molecule has 1 aromatic rings. The van der Waals surface area contributed by atoms with Gasteiger partial charge in [-0.1, -0.05) is 0 Å². The maximum Gasteiger partial charge on any atom is 0.220 e. The van der Waals surface area contributed by atoms with Gasteiger partial charge in [0.1, 0.15) is 0 Å². The number of aliphatic imine (C=N–C) groups is 1. The molecule has 2 heterocycles. The first kappa shape index (κ1) is 16.8. The van der Waals surface area contributed by atoms with Gasteiger partial charge < -0.3 is 15.5 Å². The van der Waals surface area contributed by atoms with Gasteiger partial charge in [-0.05, 0) is 42.7 Å². The van der Waals surface area contributed by atoms with Crippen LogP contribution in [0.3, 0.4) is 0 Å². The second-order valence-electron chi connectivity index (χ2n) is 5.74. The molecule has 2 rings (SSSR count). The van der Waals surface area contributed by atoms with E-state index in [0.717, 1.165) is 38.4 Å². The van der Waals surface area contributed by atoms with Crippen molar-refractivity contribution in [2.24, 2.45) is 10.9 Å². The topological polar surface area (TPSA) is 56.7 Å². The number of guanidine groups is 1. The van der Waals surface area contributed by atoms with Crippen LogP contribution in [-0.4, -0.2) is 44.0 Å². The third-order valence-electron chi connectivity index (χ3n) is 4.25. The molecule has 6 heteroatoms. The molecule has 0 aromatic carbocycles. The Morgan fingerprint density at radius 3 is 2.73 bits per heavy atom. The molecule has 1 saturated heterocycles. The van der Waals surface area contributed by atoms with Crippen molar-refractivity contribution in [3.63, 3.8) is 0 Å². The molecule has 2 N–H and O–H groups in total. The Morgan fingerprint density at radius 1 is 1.45 bits per heavy atom. The molecule has 0 atom stereocenters. The lowest BCUT2D eigenvalue weighted by Gasteiger charge is -2.34. The van der Waals surface area contributed by atoms with Crippen LogP contribution in [0.2, 0.25) is 0 Å². The van der Waals surface area contributed by atoms with Gasteiger partial charge in [-0.25, -0.2) is 0 Å². The van der Waals surface area contributed by atoms with E-state index in [9.17, 15) is 4.79 Å². The summed E-state index contributed by atoms with van der Waals surface area (Å²) < 4.78 is 0. The van der Waals surface area contributed by atoms with E-state index in [1.807, 2.05) is 7.05 Å². The predicted molar refractivity (Wildman–Crippen MR) is 92.2 cm³/mol. The van der Waals surface area contributed by atoms with E-state index < -0.39 is 0 Å². The first-order valence-electron chi connectivity index (χ1n) is 7.83. The van der Waals surface area contributed by atoms with E-state index >= 15 is 0 Å². The van der Waals surface area contributed by atoms with E-state index in [4.69, 9.17) is 0 Å². The minimum atomic E-state index is 0.147. The summed E-state index contributed by atoms with van der Waals surface area (Å²) in [5.74, 6) is 1.61. The molecular weight excluding hydrogens is 296 g/mol. The summed E-state index contributed by atoms with van der Waals surface area (Å²) in [5, 5.41) is 8.29. The van der Waals surface area contributed by atoms with E-state index in [1.165, 1.54) is 10.4 Å². The minimum absolute atomic E-state index is 0.147. The third kappa shape index (κ3) is 4.47. The number of carbonyl (C=O) groups is 1. The van der Waals surface area contributed by atoms with Gasteiger partial charge >= 0.3 is 0 Å². The fourth-order valence-electron chi connectivity index (χ4n) is 2.79. The van der Waals surface area contributed by atoms with Crippen molar-refractivity contribution in [2.75, 3.05) is 27.2 Å². The van der Waals surface area contributed by atoms with Crippen LogP contribution in [-0.2, 0) is 11.3 Å². The maximum absolute atomic E-state index is 11.5. The van der Waals surface area contributed by atoms with E-state index in [0.29, 0.717) is 12.3 Å². The summed E-state index contributed by atoms with van der Waals surface area (Å²) in [4.78, 5) is 19.5. The Kier molecular flexibility index (Phi) is 6.24. The highest BCUT2D eigenvalue weighted by Gasteiger charge is 2.23. The van der Waals surface area contributed by atoms with E-state index in [-0.39, 0.29) is 5.91 Å². The summed E-state index contributed by atoms with van der Waals surface area (Å²) in [6.07, 6.45) is 2.74. The molecular formula is C16H26N4OS. The van der Waals surface area contributed by atoms with E-state index in [2.05, 4.69) is 38.9 Å². The normalized spacial score (nSPS) is 16.7. The summed E-state index contributed by atoms with van der Waals surface area (Å²) in [6, 6.07) is 2.15. The molecule has 1 amide bonds. The zero-order valence-corrected chi connectivity index (χ0v) is 14.5. The zero-order valence-electron chi connectivity index (χ0n) is 13.7. The summed E-state index contributed by atoms with van der Waals surface area (Å²) >= 11 is 1.78. The average Bonchev–Trinajstić information content (AvgIpc) is 2.94. The predicted octanol–water partition coefficient (Wildman–Crippen LogP) is 1.98. The van der Waals surface area contributed by atoms with Crippen molar-refractivity contribution in [1.29, 1.82) is 0 Å². The van der Waals surface area contributed by atoms with Gasteiger partial charge in [0, 0.05) is 38.5 Å². The Bertz CT molecular complexity index is 518. The van der Waals surface area contributed by atoms with E-state index in [1.54, 1.807) is 18.4 Å². The van der Waals surface area contributed by atoms with Crippen LogP contribution in [0.15, 0.2) is 16.4 Å². The van der Waals surface area contributed by atoms with Gasteiger partial charge in [0.2, 0.25) is 5.91 Å². The van der Waals surface area contributed by atoms with Gasteiger partial charge in [0.05, 0.1) is 6.54 Å². The first-order valence-corrected chi connectivity index (χ1v) is 8.71. The third-order valence-corrected chi connectivity index (χ3v) is 5.28. The van der Waals surface area contributed by atoms with Crippen LogP contribution >= 0.6 is 11.3 Å². The molecule has 1 fully saturated rings. The van der Waals surface area contributed by atoms with Gasteiger partial charge in [0.15, 0.2) is 5.96 Å². The number of piperidine rings is 1. The largest absolute Gasteiger partial charge is 0.359 e. The number of nitrogens with one attached hydrogen (secondary N) is 2. The first-order chi connectivity index (χ1) is 10.6. The molecule has 0 unspecified atom stereocenters. The number of thiophene rings is 1. The zero-order chi connectivity index (χ0) is 15.9. The van der Waals surface area contributed by atoms with Gasteiger partial charge in [-0.15, -0.1) is 11.3 Å². The van der Waals surface area contributed by atoms with Crippen LogP contribution in [0.25, 0.3) is 0 Å². The lowest BCUT2D eigenvalue weighted by molar-refractivity contribution is -0.121. The van der Waals surface area contributed by atoms with Gasteiger partial charge in [-0.2, -0.15) is 0 Å². The van der Waals surface area contributed by atoms with Crippen molar-refractivity contribution in [3.05, 3.63) is 21.9 Å². The smallest absolute Gasteiger partial charge is 0.220 e. The maximum atomic E-state index is 11.5. The number of hydrogen-bond donors (Lipinski definition) is 2. The summed E-state index contributed by atoms with van der Waals surface area (Å²) in [7, 11) is 3.54. The quantitative estimate of drug-likeness (QED) is 0.658. The molecule has 0 aliphatic carbocycles. The van der Waals surface area contributed by atoms with Crippen LogP contribution in [0.1, 0.15) is 29.7 Å². The summed E-state index contributed by atoms with van der Waals surface area (Å²) in [5.41, 5.74) is 1.33. The monoisotopic (exact) mass is 322 g/mol. The van der Waals surface area contributed by atoms with Crippen molar-refractivity contribution in [3.8, 4) is 0 Å². The van der Waals surface area contributed by atoms with Crippen LogP contribution < -0.4 is 10.6 Å². The Balaban J connectivity index is 1.81. The number of carbonyl (C=O) groups excluding carboxylic acids is 1. The van der Waals surface area contributed by atoms with Gasteiger partial charge in [0.25, 0.3) is 0 Å².